The van der Waals surface area contributed by atoms with Gasteiger partial charge in [0.2, 0.25) is 0 Å². The summed E-state index contributed by atoms with van der Waals surface area (Å²) < 4.78 is 2.72. The zero-order valence-corrected chi connectivity index (χ0v) is 15.3. The summed E-state index contributed by atoms with van der Waals surface area (Å²) in [6, 6.07) is 5.94. The topological polar surface area (TPSA) is 63.1 Å². The van der Waals surface area contributed by atoms with Crippen LogP contribution < -0.4 is 10.2 Å². The van der Waals surface area contributed by atoms with Gasteiger partial charge in [-0.25, -0.2) is 4.98 Å². The first-order valence-electron chi connectivity index (χ1n) is 8.19. The molecular weight excluding hydrogens is 358 g/mol. The average Bonchev–Trinajstić information content (AvgIpc) is 3.22. The number of hydrogen-bond acceptors (Lipinski definition) is 5. The van der Waals surface area contributed by atoms with Crippen molar-refractivity contribution in [1.29, 1.82) is 0 Å². The fourth-order valence-corrected chi connectivity index (χ4v) is 4.41. The lowest BCUT2D eigenvalue weighted by atomic mass is 10.1. The summed E-state index contributed by atoms with van der Waals surface area (Å²) in [4.78, 5) is 19.3. The van der Waals surface area contributed by atoms with Gasteiger partial charge in [-0.05, 0) is 25.0 Å². The molecule has 1 N–H and O–H groups in total. The van der Waals surface area contributed by atoms with Gasteiger partial charge >= 0.3 is 0 Å². The smallest absolute Gasteiger partial charge is 0.254 e. The van der Waals surface area contributed by atoms with Crippen molar-refractivity contribution in [1.82, 2.24) is 20.1 Å². The summed E-state index contributed by atoms with van der Waals surface area (Å²) >= 11 is 7.88. The van der Waals surface area contributed by atoms with Crippen molar-refractivity contribution in [3.8, 4) is 0 Å². The number of piperidine rings is 1. The molecule has 25 heavy (non-hydrogen) atoms. The summed E-state index contributed by atoms with van der Waals surface area (Å²) in [5, 5.41) is 8.80. The number of fused-ring (bicyclic) bond motifs is 1. The van der Waals surface area contributed by atoms with Gasteiger partial charge in [0, 0.05) is 32.4 Å². The first-order chi connectivity index (χ1) is 12.1. The Kier molecular flexibility index (Phi) is 4.35. The van der Waals surface area contributed by atoms with Crippen LogP contribution in [0.15, 0.2) is 30.6 Å². The molecule has 130 valence electrons. The molecule has 1 unspecified atom stereocenters. The predicted octanol–water partition coefficient (Wildman–Crippen LogP) is 3.08. The minimum atomic E-state index is -0.0766. The number of carbonyl (C=O) groups excluding carboxylic acids is 1. The number of amides is 1. The van der Waals surface area contributed by atoms with Crippen molar-refractivity contribution >= 4 is 44.2 Å². The number of aryl methyl sites for hydroxylation is 1. The van der Waals surface area contributed by atoms with Crippen molar-refractivity contribution in [2.75, 3.05) is 18.0 Å². The van der Waals surface area contributed by atoms with Crippen LogP contribution in [0, 0.1) is 0 Å². The lowest BCUT2D eigenvalue weighted by Crippen LogP contribution is -2.47. The lowest BCUT2D eigenvalue weighted by molar-refractivity contribution is 0.0933. The van der Waals surface area contributed by atoms with Gasteiger partial charge in [0.05, 0.1) is 21.5 Å². The maximum atomic E-state index is 12.3. The molecule has 8 heteroatoms. The number of para-hydroxylation sites is 1. The molecule has 0 radical (unpaired) electrons. The van der Waals surface area contributed by atoms with E-state index in [0.717, 1.165) is 41.3 Å². The number of benzene rings is 1. The second kappa shape index (κ2) is 6.65. The fraction of sp³-hybridized carbons (Fsp3) is 0.353. The zero-order valence-electron chi connectivity index (χ0n) is 13.8. The van der Waals surface area contributed by atoms with Crippen LogP contribution in [0.25, 0.3) is 10.2 Å². The first-order valence-corrected chi connectivity index (χ1v) is 9.39. The number of nitrogens with one attached hydrogen (secondary N) is 1. The van der Waals surface area contributed by atoms with Gasteiger partial charge in [-0.3, -0.25) is 9.48 Å². The molecule has 0 aliphatic carbocycles. The Balaban J connectivity index is 1.48. The van der Waals surface area contributed by atoms with E-state index in [1.165, 1.54) is 0 Å². The highest BCUT2D eigenvalue weighted by Gasteiger charge is 2.24. The van der Waals surface area contributed by atoms with E-state index in [2.05, 4.69) is 15.3 Å². The van der Waals surface area contributed by atoms with Crippen LogP contribution in [0.2, 0.25) is 5.02 Å². The van der Waals surface area contributed by atoms with E-state index >= 15 is 0 Å². The van der Waals surface area contributed by atoms with Crippen LogP contribution in [0.4, 0.5) is 5.13 Å². The Hall–Kier alpha value is -2.12. The molecule has 1 saturated heterocycles. The third kappa shape index (κ3) is 3.34. The molecule has 6 nitrogen and oxygen atoms in total. The molecule has 1 aromatic carbocycles. The van der Waals surface area contributed by atoms with Gasteiger partial charge in [-0.15, -0.1) is 0 Å². The molecule has 1 atom stereocenters. The van der Waals surface area contributed by atoms with Crippen LogP contribution in [0.5, 0.6) is 0 Å². The predicted molar refractivity (Wildman–Crippen MR) is 101 cm³/mol. The standard InChI is InChI=1S/C17H18ClN5OS/c1-22-9-11(8-19-22)16(24)20-12-4-3-7-23(10-12)17-21-15-13(18)5-2-6-14(15)25-17/h2,5-6,8-9,12H,3-4,7,10H2,1H3,(H,20,24). The molecule has 1 aliphatic heterocycles. The minimum absolute atomic E-state index is 0.0766. The molecular formula is C17H18ClN5OS. The number of halogens is 1. The molecule has 2 aromatic heterocycles. The summed E-state index contributed by atoms with van der Waals surface area (Å²) in [6.07, 6.45) is 5.30. The quantitative estimate of drug-likeness (QED) is 0.764. The van der Waals surface area contributed by atoms with E-state index < -0.39 is 0 Å². The molecule has 1 amide bonds. The molecule has 3 aromatic rings. The Morgan fingerprint density at radius 1 is 1.44 bits per heavy atom. The van der Waals surface area contributed by atoms with Gasteiger partial charge in [0.1, 0.15) is 5.52 Å². The maximum absolute atomic E-state index is 12.3. The number of aromatic nitrogens is 3. The molecule has 0 spiro atoms. The molecule has 3 heterocycles. The van der Waals surface area contributed by atoms with Crippen LogP contribution in [-0.2, 0) is 7.05 Å². The van der Waals surface area contributed by atoms with Crippen molar-refractivity contribution in [3.05, 3.63) is 41.2 Å². The highest BCUT2D eigenvalue weighted by atomic mass is 35.5. The monoisotopic (exact) mass is 375 g/mol. The lowest BCUT2D eigenvalue weighted by Gasteiger charge is -2.32. The SMILES string of the molecule is Cn1cc(C(=O)NC2CCCN(c3nc4c(Cl)cccc4s3)C2)cn1. The third-order valence-electron chi connectivity index (χ3n) is 4.35. The number of thiazole rings is 1. The van der Waals surface area contributed by atoms with Crippen LogP contribution >= 0.6 is 22.9 Å². The summed E-state index contributed by atoms with van der Waals surface area (Å²) in [7, 11) is 1.80. The Morgan fingerprint density at radius 2 is 2.32 bits per heavy atom. The summed E-state index contributed by atoms with van der Waals surface area (Å²) in [5.74, 6) is -0.0766. The number of carbonyl (C=O) groups is 1. The van der Waals surface area contributed by atoms with Gasteiger partial charge in [0.15, 0.2) is 5.13 Å². The third-order valence-corrected chi connectivity index (χ3v) is 5.74. The van der Waals surface area contributed by atoms with Gasteiger partial charge in [-0.2, -0.15) is 5.10 Å². The Morgan fingerprint density at radius 3 is 3.08 bits per heavy atom. The van der Waals surface area contributed by atoms with Crippen LogP contribution in [0.1, 0.15) is 23.2 Å². The summed E-state index contributed by atoms with van der Waals surface area (Å²) in [6.45, 7) is 1.69. The number of nitrogens with zero attached hydrogens (tertiary/aromatic N) is 4. The van der Waals surface area contributed by atoms with Gasteiger partial charge < -0.3 is 10.2 Å². The molecule has 4 rings (SSSR count). The first kappa shape index (κ1) is 16.4. The van der Waals surface area contributed by atoms with Crippen molar-refractivity contribution in [3.63, 3.8) is 0 Å². The normalized spacial score (nSPS) is 17.8. The van der Waals surface area contributed by atoms with E-state index in [-0.39, 0.29) is 11.9 Å². The van der Waals surface area contributed by atoms with Crippen molar-refractivity contribution in [2.45, 2.75) is 18.9 Å². The van der Waals surface area contributed by atoms with Crippen LogP contribution in [0.3, 0.4) is 0 Å². The molecule has 0 saturated carbocycles. The molecule has 1 aliphatic rings. The number of rotatable bonds is 3. The van der Waals surface area contributed by atoms with E-state index in [9.17, 15) is 4.79 Å². The number of hydrogen-bond donors (Lipinski definition) is 1. The summed E-state index contributed by atoms with van der Waals surface area (Å²) in [5.41, 5.74) is 1.44. The zero-order chi connectivity index (χ0) is 17.4. The molecule has 0 bridgehead atoms. The average molecular weight is 376 g/mol. The minimum Gasteiger partial charge on any atom is -0.347 e. The number of anilines is 1. The Bertz CT molecular complexity index is 921. The Labute approximate surface area is 154 Å². The van der Waals surface area contributed by atoms with Crippen molar-refractivity contribution < 1.29 is 4.79 Å². The van der Waals surface area contributed by atoms with E-state index in [4.69, 9.17) is 16.6 Å². The van der Waals surface area contributed by atoms with E-state index in [1.807, 2.05) is 18.2 Å². The van der Waals surface area contributed by atoms with Gasteiger partial charge in [0.25, 0.3) is 5.91 Å². The molecule has 1 fully saturated rings. The fourth-order valence-electron chi connectivity index (χ4n) is 3.11. The maximum Gasteiger partial charge on any atom is 0.254 e. The largest absolute Gasteiger partial charge is 0.347 e. The second-order valence-electron chi connectivity index (χ2n) is 6.24. The van der Waals surface area contributed by atoms with Crippen molar-refractivity contribution in [2.24, 2.45) is 7.05 Å². The second-order valence-corrected chi connectivity index (χ2v) is 7.66. The van der Waals surface area contributed by atoms with E-state index in [0.29, 0.717) is 10.6 Å². The van der Waals surface area contributed by atoms with Crippen LogP contribution in [-0.4, -0.2) is 39.8 Å². The van der Waals surface area contributed by atoms with Gasteiger partial charge in [-0.1, -0.05) is 29.0 Å². The highest BCUT2D eigenvalue weighted by molar-refractivity contribution is 7.22. The highest BCUT2D eigenvalue weighted by Crippen LogP contribution is 2.33. The van der Waals surface area contributed by atoms with E-state index in [1.54, 1.807) is 35.5 Å².